The van der Waals surface area contributed by atoms with E-state index in [1.54, 1.807) is 0 Å². The minimum Gasteiger partial charge on any atom is -0.477 e. The molecule has 0 aromatic carbocycles. The highest BCUT2D eigenvalue weighted by atomic mass is 16.4. The van der Waals surface area contributed by atoms with Crippen molar-refractivity contribution < 1.29 is 9.90 Å². The van der Waals surface area contributed by atoms with Gasteiger partial charge in [-0.2, -0.15) is 5.10 Å². The van der Waals surface area contributed by atoms with Gasteiger partial charge < -0.3 is 5.11 Å². The van der Waals surface area contributed by atoms with Crippen LogP contribution in [0.1, 0.15) is 35.8 Å². The minimum atomic E-state index is -1.23. The van der Waals surface area contributed by atoms with E-state index in [0.29, 0.717) is 5.69 Å². The number of H-pyrrole nitrogens is 1. The minimum absolute atomic E-state index is 0.0925. The molecular weight excluding hydrogens is 172 g/mol. The Morgan fingerprint density at radius 1 is 1.62 bits per heavy atom. The molecule has 0 aliphatic heterocycles. The third-order valence-electron chi connectivity index (χ3n) is 1.65. The predicted octanol–water partition coefficient (Wildman–Crippen LogP) is 0.591. The highest BCUT2D eigenvalue weighted by molar-refractivity contribution is 5.87. The molecule has 1 rings (SSSR count). The average Bonchev–Trinajstić information content (AvgIpc) is 2.04. The van der Waals surface area contributed by atoms with Gasteiger partial charge in [-0.25, -0.2) is 9.89 Å². The number of hydrogen-bond acceptors (Lipinski definition) is 3. The normalized spacial score (nSPS) is 10.4. The maximum Gasteiger partial charge on any atom is 0.341 e. The van der Waals surface area contributed by atoms with Crippen LogP contribution < -0.4 is 5.56 Å². The Kier molecular flexibility index (Phi) is 2.46. The van der Waals surface area contributed by atoms with Crippen molar-refractivity contribution in [1.29, 1.82) is 0 Å². The van der Waals surface area contributed by atoms with Crippen molar-refractivity contribution in [2.24, 2.45) is 0 Å². The second kappa shape index (κ2) is 3.38. The summed E-state index contributed by atoms with van der Waals surface area (Å²) in [6.07, 6.45) is 0. The van der Waals surface area contributed by atoms with E-state index in [2.05, 4.69) is 10.2 Å². The quantitative estimate of drug-likeness (QED) is 0.701. The Morgan fingerprint density at radius 3 is 2.69 bits per heavy atom. The van der Waals surface area contributed by atoms with E-state index in [1.807, 2.05) is 13.8 Å². The van der Waals surface area contributed by atoms with Crippen LogP contribution in [0.3, 0.4) is 0 Å². The number of aromatic nitrogens is 2. The smallest absolute Gasteiger partial charge is 0.341 e. The Labute approximate surface area is 74.4 Å². The van der Waals surface area contributed by atoms with Crippen molar-refractivity contribution in [2.75, 3.05) is 0 Å². The van der Waals surface area contributed by atoms with Crippen molar-refractivity contribution in [3.05, 3.63) is 27.7 Å². The van der Waals surface area contributed by atoms with Gasteiger partial charge in [0.05, 0.1) is 5.69 Å². The van der Waals surface area contributed by atoms with Crippen molar-refractivity contribution in [2.45, 2.75) is 19.8 Å². The van der Waals surface area contributed by atoms with Crippen molar-refractivity contribution >= 4 is 5.97 Å². The zero-order chi connectivity index (χ0) is 10.0. The van der Waals surface area contributed by atoms with Gasteiger partial charge in [0.1, 0.15) is 5.56 Å². The fraction of sp³-hybridized carbons (Fsp3) is 0.375. The third-order valence-corrected chi connectivity index (χ3v) is 1.65. The SMILES string of the molecule is CC(C)c1cc(C(=O)O)c(=O)[nH]n1. The fourth-order valence-corrected chi connectivity index (χ4v) is 0.876. The van der Waals surface area contributed by atoms with E-state index in [-0.39, 0.29) is 11.5 Å². The molecule has 0 unspecified atom stereocenters. The van der Waals surface area contributed by atoms with E-state index < -0.39 is 11.5 Å². The molecule has 0 saturated carbocycles. The van der Waals surface area contributed by atoms with Gasteiger partial charge in [-0.05, 0) is 12.0 Å². The summed E-state index contributed by atoms with van der Waals surface area (Å²) in [5, 5.41) is 14.5. The van der Waals surface area contributed by atoms with Crippen molar-refractivity contribution in [3.63, 3.8) is 0 Å². The molecule has 0 aliphatic rings. The number of aromatic carboxylic acids is 1. The molecule has 0 bridgehead atoms. The number of carbonyl (C=O) groups is 1. The first-order valence-electron chi connectivity index (χ1n) is 3.85. The fourth-order valence-electron chi connectivity index (χ4n) is 0.876. The maximum atomic E-state index is 10.9. The molecule has 0 amide bonds. The largest absolute Gasteiger partial charge is 0.477 e. The Bertz CT molecular complexity index is 381. The number of rotatable bonds is 2. The van der Waals surface area contributed by atoms with E-state index in [1.165, 1.54) is 6.07 Å². The lowest BCUT2D eigenvalue weighted by molar-refractivity contribution is 0.0694. The third kappa shape index (κ3) is 1.93. The van der Waals surface area contributed by atoms with E-state index in [9.17, 15) is 9.59 Å². The van der Waals surface area contributed by atoms with Crippen LogP contribution in [0.15, 0.2) is 10.9 Å². The van der Waals surface area contributed by atoms with Gasteiger partial charge in [-0.1, -0.05) is 13.8 Å². The van der Waals surface area contributed by atoms with Crippen LogP contribution in [0.4, 0.5) is 0 Å². The van der Waals surface area contributed by atoms with Crippen LogP contribution in [0.5, 0.6) is 0 Å². The molecule has 5 nitrogen and oxygen atoms in total. The number of nitrogens with one attached hydrogen (secondary N) is 1. The van der Waals surface area contributed by atoms with Crippen LogP contribution in [0.25, 0.3) is 0 Å². The highest BCUT2D eigenvalue weighted by Gasteiger charge is 2.11. The predicted molar refractivity (Wildman–Crippen MR) is 45.9 cm³/mol. The van der Waals surface area contributed by atoms with Gasteiger partial charge in [-0.3, -0.25) is 4.79 Å². The summed E-state index contributed by atoms with van der Waals surface area (Å²) in [5.41, 5.74) is -0.368. The number of carboxylic acids is 1. The summed E-state index contributed by atoms with van der Waals surface area (Å²) in [7, 11) is 0. The molecule has 0 aliphatic carbocycles. The number of hydrogen-bond donors (Lipinski definition) is 2. The highest BCUT2D eigenvalue weighted by Crippen LogP contribution is 2.09. The van der Waals surface area contributed by atoms with Gasteiger partial charge in [0.2, 0.25) is 0 Å². The van der Waals surface area contributed by atoms with Crippen LogP contribution in [-0.4, -0.2) is 21.3 Å². The summed E-state index contributed by atoms with van der Waals surface area (Å²) in [6, 6.07) is 1.30. The summed E-state index contributed by atoms with van der Waals surface area (Å²) >= 11 is 0. The zero-order valence-electron chi connectivity index (χ0n) is 7.37. The lowest BCUT2D eigenvalue weighted by Crippen LogP contribution is -2.20. The Balaban J connectivity index is 3.27. The molecule has 70 valence electrons. The lowest BCUT2D eigenvalue weighted by atomic mass is 10.1. The first-order valence-corrected chi connectivity index (χ1v) is 3.85. The summed E-state index contributed by atoms with van der Waals surface area (Å²) in [6.45, 7) is 3.73. The Hall–Kier alpha value is -1.65. The van der Waals surface area contributed by atoms with E-state index >= 15 is 0 Å². The molecule has 0 atom stereocenters. The first kappa shape index (κ1) is 9.44. The zero-order valence-corrected chi connectivity index (χ0v) is 7.37. The molecule has 0 spiro atoms. The average molecular weight is 182 g/mol. The first-order chi connectivity index (χ1) is 6.02. The lowest BCUT2D eigenvalue weighted by Gasteiger charge is -2.02. The van der Waals surface area contributed by atoms with Crippen LogP contribution >= 0.6 is 0 Å². The molecule has 1 aromatic heterocycles. The molecule has 0 saturated heterocycles. The van der Waals surface area contributed by atoms with Crippen molar-refractivity contribution in [1.82, 2.24) is 10.2 Å². The second-order valence-electron chi connectivity index (χ2n) is 3.00. The molecule has 2 N–H and O–H groups in total. The van der Waals surface area contributed by atoms with E-state index in [4.69, 9.17) is 5.11 Å². The molecule has 0 radical (unpaired) electrons. The standard InChI is InChI=1S/C8H10N2O3/c1-4(2)6-3-5(8(12)13)7(11)10-9-6/h3-4H,1-2H3,(H,10,11)(H,12,13). The Morgan fingerprint density at radius 2 is 2.23 bits per heavy atom. The van der Waals surface area contributed by atoms with Crippen LogP contribution in [-0.2, 0) is 0 Å². The molecule has 1 heterocycles. The molecule has 1 aromatic rings. The summed E-state index contributed by atoms with van der Waals surface area (Å²) in [5.74, 6) is -1.14. The number of nitrogens with zero attached hydrogens (tertiary/aromatic N) is 1. The number of aromatic amines is 1. The van der Waals surface area contributed by atoms with Gasteiger partial charge in [0.25, 0.3) is 5.56 Å². The molecule has 13 heavy (non-hydrogen) atoms. The summed E-state index contributed by atoms with van der Waals surface area (Å²) < 4.78 is 0. The maximum absolute atomic E-state index is 10.9. The molecular formula is C8H10N2O3. The van der Waals surface area contributed by atoms with Crippen molar-refractivity contribution in [3.8, 4) is 0 Å². The van der Waals surface area contributed by atoms with Crippen LogP contribution in [0.2, 0.25) is 0 Å². The monoisotopic (exact) mass is 182 g/mol. The topological polar surface area (TPSA) is 83.0 Å². The molecule has 0 fully saturated rings. The van der Waals surface area contributed by atoms with Gasteiger partial charge in [-0.15, -0.1) is 0 Å². The van der Waals surface area contributed by atoms with Gasteiger partial charge in [0, 0.05) is 0 Å². The van der Waals surface area contributed by atoms with Gasteiger partial charge in [0.15, 0.2) is 0 Å². The number of carboxylic acid groups (broad SMARTS) is 1. The molecule has 5 heteroatoms. The van der Waals surface area contributed by atoms with Crippen LogP contribution in [0, 0.1) is 0 Å². The van der Waals surface area contributed by atoms with Gasteiger partial charge >= 0.3 is 5.97 Å². The second-order valence-corrected chi connectivity index (χ2v) is 3.00. The van der Waals surface area contributed by atoms with E-state index in [0.717, 1.165) is 0 Å². The summed E-state index contributed by atoms with van der Waals surface area (Å²) in [4.78, 5) is 21.5.